The highest BCUT2D eigenvalue weighted by Gasteiger charge is 2.28. The molecule has 1 N–H and O–H groups in total. The van der Waals surface area contributed by atoms with Crippen molar-refractivity contribution in [1.82, 2.24) is 14.9 Å². The highest BCUT2D eigenvalue weighted by Crippen LogP contribution is 2.31. The molecule has 0 saturated carbocycles. The molecule has 4 nitrogen and oxygen atoms in total. The number of nitrogens with one attached hydrogen (secondary N) is 1. The predicted molar refractivity (Wildman–Crippen MR) is 75.7 cm³/mol. The van der Waals surface area contributed by atoms with Gasteiger partial charge in [-0.2, -0.15) is 0 Å². The average molecular weight is 298 g/mol. The molecule has 19 heavy (non-hydrogen) atoms. The molecule has 6 heteroatoms. The molecule has 0 radical (unpaired) electrons. The lowest BCUT2D eigenvalue weighted by Crippen LogP contribution is -2.17. The van der Waals surface area contributed by atoms with Crippen molar-refractivity contribution in [1.29, 1.82) is 0 Å². The van der Waals surface area contributed by atoms with E-state index in [1.54, 1.807) is 0 Å². The van der Waals surface area contributed by atoms with E-state index >= 15 is 0 Å². The van der Waals surface area contributed by atoms with Crippen molar-refractivity contribution in [3.8, 4) is 0 Å². The number of carbonyl (C=O) groups is 1. The summed E-state index contributed by atoms with van der Waals surface area (Å²) < 4.78 is 2.04. The van der Waals surface area contributed by atoms with Crippen LogP contribution in [0.4, 0.5) is 0 Å². The number of amides is 1. The van der Waals surface area contributed by atoms with E-state index < -0.39 is 0 Å². The van der Waals surface area contributed by atoms with Crippen LogP contribution in [-0.2, 0) is 4.79 Å². The van der Waals surface area contributed by atoms with Crippen molar-refractivity contribution in [2.45, 2.75) is 24.8 Å². The third-order valence-corrected chi connectivity index (χ3v) is 3.79. The number of hydrogen-bond acceptors (Lipinski definition) is 2. The smallest absolute Gasteiger partial charge is 0.222 e. The van der Waals surface area contributed by atoms with Gasteiger partial charge in [0.2, 0.25) is 5.91 Å². The summed E-state index contributed by atoms with van der Waals surface area (Å²) in [6.45, 7) is 2.48. The number of nitrogens with zero attached hydrogens (tertiary/aromatic N) is 2. The highest BCUT2D eigenvalue weighted by molar-refractivity contribution is 6.31. The third-order valence-electron chi connectivity index (χ3n) is 3.36. The number of halogens is 2. The van der Waals surface area contributed by atoms with Gasteiger partial charge in [-0.1, -0.05) is 11.6 Å². The topological polar surface area (TPSA) is 46.9 Å². The summed E-state index contributed by atoms with van der Waals surface area (Å²) in [6, 6.07) is 5.60. The maximum atomic E-state index is 11.4. The van der Waals surface area contributed by atoms with Crippen LogP contribution in [0.3, 0.4) is 0 Å². The summed E-state index contributed by atoms with van der Waals surface area (Å²) in [4.78, 5) is 16.0. The third kappa shape index (κ3) is 2.19. The van der Waals surface area contributed by atoms with E-state index in [2.05, 4.69) is 10.3 Å². The van der Waals surface area contributed by atoms with E-state index in [0.29, 0.717) is 18.0 Å². The van der Waals surface area contributed by atoms with Crippen LogP contribution in [-0.4, -0.2) is 22.0 Å². The Morgan fingerprint density at radius 2 is 2.32 bits per heavy atom. The number of hydrogen-bond donors (Lipinski definition) is 1. The Bertz CT molecular complexity index is 651. The Kier molecular flexibility index (Phi) is 3.15. The molecule has 0 bridgehead atoms. The Balaban J connectivity index is 2.21. The van der Waals surface area contributed by atoms with Crippen LogP contribution < -0.4 is 5.32 Å². The van der Waals surface area contributed by atoms with Crippen LogP contribution in [0, 0.1) is 0 Å². The van der Waals surface area contributed by atoms with Gasteiger partial charge in [0.25, 0.3) is 0 Å². The van der Waals surface area contributed by atoms with Crippen LogP contribution >= 0.6 is 23.2 Å². The van der Waals surface area contributed by atoms with Gasteiger partial charge in [0, 0.05) is 18.0 Å². The lowest BCUT2D eigenvalue weighted by molar-refractivity contribution is -0.119. The second kappa shape index (κ2) is 4.69. The summed E-state index contributed by atoms with van der Waals surface area (Å²) in [5.41, 5.74) is 1.78. The van der Waals surface area contributed by atoms with Crippen molar-refractivity contribution in [2.24, 2.45) is 0 Å². The SMILES string of the molecule is CC(Cl)c1nc2ccc(Cl)cc2n1C1CNC(=O)C1. The molecule has 2 unspecified atom stereocenters. The standard InChI is InChI=1S/C13H13Cl2N3O/c1-7(14)13-17-10-3-2-8(15)4-11(10)18(13)9-5-12(19)16-6-9/h2-4,7,9H,5-6H2,1H3,(H,16,19). The Hall–Kier alpha value is -1.26. The quantitative estimate of drug-likeness (QED) is 0.866. The molecule has 0 spiro atoms. The molecule has 2 atom stereocenters. The van der Waals surface area contributed by atoms with E-state index in [9.17, 15) is 4.79 Å². The number of rotatable bonds is 2. The molecule has 1 aliphatic heterocycles. The van der Waals surface area contributed by atoms with Crippen LogP contribution in [0.15, 0.2) is 18.2 Å². The molecule has 3 rings (SSSR count). The molecule has 2 aromatic rings. The average Bonchev–Trinajstić information content (AvgIpc) is 2.92. The van der Waals surface area contributed by atoms with E-state index in [1.807, 2.05) is 29.7 Å². The Morgan fingerprint density at radius 3 is 2.95 bits per heavy atom. The molecule has 1 fully saturated rings. The van der Waals surface area contributed by atoms with Crippen LogP contribution in [0.2, 0.25) is 5.02 Å². The van der Waals surface area contributed by atoms with Crippen LogP contribution in [0.25, 0.3) is 11.0 Å². The second-order valence-corrected chi connectivity index (χ2v) is 5.84. The van der Waals surface area contributed by atoms with Crippen molar-refractivity contribution in [3.63, 3.8) is 0 Å². The predicted octanol–water partition coefficient (Wildman–Crippen LogP) is 3.05. The molecule has 0 aliphatic carbocycles. The van der Waals surface area contributed by atoms with E-state index in [0.717, 1.165) is 16.9 Å². The second-order valence-electron chi connectivity index (χ2n) is 4.75. The number of fused-ring (bicyclic) bond motifs is 1. The fraction of sp³-hybridized carbons (Fsp3) is 0.385. The first-order valence-corrected chi connectivity index (χ1v) is 6.96. The first kappa shape index (κ1) is 12.8. The molecular weight excluding hydrogens is 285 g/mol. The Morgan fingerprint density at radius 1 is 1.53 bits per heavy atom. The minimum absolute atomic E-state index is 0.0483. The zero-order valence-corrected chi connectivity index (χ0v) is 11.9. The van der Waals surface area contributed by atoms with Gasteiger partial charge in [0.1, 0.15) is 5.82 Å². The number of imidazole rings is 1. The number of benzene rings is 1. The molecule has 2 heterocycles. The number of carbonyl (C=O) groups excluding carboxylic acids is 1. The van der Waals surface area contributed by atoms with Crippen molar-refractivity contribution >= 4 is 40.1 Å². The normalized spacial score (nSPS) is 20.8. The van der Waals surface area contributed by atoms with Crippen molar-refractivity contribution in [3.05, 3.63) is 29.0 Å². The largest absolute Gasteiger partial charge is 0.354 e. The van der Waals surface area contributed by atoms with E-state index in [-0.39, 0.29) is 17.3 Å². The Labute approximate surface area is 120 Å². The van der Waals surface area contributed by atoms with Gasteiger partial charge < -0.3 is 9.88 Å². The summed E-state index contributed by atoms with van der Waals surface area (Å²) in [5, 5.41) is 3.27. The molecule has 1 aliphatic rings. The maximum Gasteiger partial charge on any atom is 0.222 e. The molecule has 1 amide bonds. The minimum Gasteiger partial charge on any atom is -0.354 e. The van der Waals surface area contributed by atoms with Gasteiger partial charge in [-0.05, 0) is 25.1 Å². The first-order chi connectivity index (χ1) is 9.06. The van der Waals surface area contributed by atoms with Gasteiger partial charge in [-0.15, -0.1) is 11.6 Å². The lowest BCUT2D eigenvalue weighted by Gasteiger charge is -2.16. The summed E-state index contributed by atoms with van der Waals surface area (Å²) in [6.07, 6.45) is 0.453. The van der Waals surface area contributed by atoms with Crippen LogP contribution in [0.5, 0.6) is 0 Å². The maximum absolute atomic E-state index is 11.4. The summed E-state index contributed by atoms with van der Waals surface area (Å²) >= 11 is 12.3. The van der Waals surface area contributed by atoms with Crippen molar-refractivity contribution < 1.29 is 4.79 Å². The number of alkyl halides is 1. The molecule has 100 valence electrons. The van der Waals surface area contributed by atoms with Gasteiger partial charge in [-0.25, -0.2) is 4.98 Å². The van der Waals surface area contributed by atoms with Crippen LogP contribution in [0.1, 0.15) is 30.6 Å². The molecule has 1 aromatic carbocycles. The monoisotopic (exact) mass is 297 g/mol. The van der Waals surface area contributed by atoms with Gasteiger partial charge in [-0.3, -0.25) is 4.79 Å². The first-order valence-electron chi connectivity index (χ1n) is 6.14. The molecule has 1 saturated heterocycles. The van der Waals surface area contributed by atoms with E-state index in [1.165, 1.54) is 0 Å². The fourth-order valence-electron chi connectivity index (χ4n) is 2.52. The van der Waals surface area contributed by atoms with Crippen molar-refractivity contribution in [2.75, 3.05) is 6.54 Å². The molecule has 1 aromatic heterocycles. The highest BCUT2D eigenvalue weighted by atomic mass is 35.5. The van der Waals surface area contributed by atoms with Gasteiger partial charge >= 0.3 is 0 Å². The molecular formula is C13H13Cl2N3O. The van der Waals surface area contributed by atoms with Gasteiger partial charge in [0.15, 0.2) is 0 Å². The minimum atomic E-state index is -0.220. The fourth-order valence-corrected chi connectivity index (χ4v) is 2.84. The lowest BCUT2D eigenvalue weighted by atomic mass is 10.2. The number of aromatic nitrogens is 2. The van der Waals surface area contributed by atoms with Gasteiger partial charge in [0.05, 0.1) is 22.5 Å². The zero-order valence-electron chi connectivity index (χ0n) is 10.4. The summed E-state index contributed by atoms with van der Waals surface area (Å²) in [7, 11) is 0. The summed E-state index contributed by atoms with van der Waals surface area (Å²) in [5.74, 6) is 0.836. The van der Waals surface area contributed by atoms with E-state index in [4.69, 9.17) is 23.2 Å². The zero-order chi connectivity index (χ0) is 13.6.